The van der Waals surface area contributed by atoms with E-state index in [1.165, 1.54) is 5.56 Å². The number of hydrogen-bond acceptors (Lipinski definition) is 3. The second-order valence-electron chi connectivity index (χ2n) is 14.7. The van der Waals surface area contributed by atoms with E-state index in [2.05, 4.69) is 94.7 Å². The predicted octanol–water partition coefficient (Wildman–Crippen LogP) is 13.1. The van der Waals surface area contributed by atoms with Crippen LogP contribution in [0.15, 0.2) is 128 Å². The van der Waals surface area contributed by atoms with Gasteiger partial charge in [-0.25, -0.2) is 4.98 Å². The Morgan fingerprint density at radius 2 is 1.25 bits per heavy atom. The molecular formula is C49H42N4OPt. The molecule has 0 saturated heterocycles. The SMILES string of the molecule is [2H]C(C)(C)c1cccc2c3cccc(C([2H])(C)C)c3n(-c3ccnc(-n4c5[c-]c(Oc6[c-]c(-c7cc(C(C)C)ccn7)ccc6)ccc5c5ccccc54)c3)c12.[Pt+2]. The molecule has 0 saturated carbocycles. The van der Waals surface area contributed by atoms with Gasteiger partial charge in [-0.15, -0.1) is 41.3 Å². The second-order valence-corrected chi connectivity index (χ2v) is 14.7. The first-order valence-corrected chi connectivity index (χ1v) is 18.5. The quantitative estimate of drug-likeness (QED) is 0.143. The molecule has 6 heteroatoms. The van der Waals surface area contributed by atoms with Gasteiger partial charge >= 0.3 is 21.1 Å². The van der Waals surface area contributed by atoms with Crippen molar-refractivity contribution in [3.63, 3.8) is 0 Å². The molecule has 5 aromatic carbocycles. The average molecular weight is 900 g/mol. The predicted molar refractivity (Wildman–Crippen MR) is 223 cm³/mol. The van der Waals surface area contributed by atoms with Crippen molar-refractivity contribution in [2.24, 2.45) is 0 Å². The number of aromatic nitrogens is 4. The van der Waals surface area contributed by atoms with E-state index in [9.17, 15) is 2.74 Å². The molecule has 0 radical (unpaired) electrons. The molecule has 5 nitrogen and oxygen atoms in total. The van der Waals surface area contributed by atoms with Crippen LogP contribution in [-0.4, -0.2) is 19.1 Å². The zero-order valence-electron chi connectivity index (χ0n) is 33.7. The van der Waals surface area contributed by atoms with Gasteiger partial charge in [0.2, 0.25) is 0 Å². The molecule has 0 aliphatic rings. The van der Waals surface area contributed by atoms with E-state index in [0.29, 0.717) is 23.2 Å². The molecule has 0 bridgehead atoms. The maximum Gasteiger partial charge on any atom is 2.00 e. The minimum atomic E-state index is -0.873. The molecule has 0 N–H and O–H groups in total. The van der Waals surface area contributed by atoms with E-state index in [4.69, 9.17) is 9.72 Å². The van der Waals surface area contributed by atoms with E-state index in [1.807, 2.05) is 101 Å². The van der Waals surface area contributed by atoms with Gasteiger partial charge in [-0.2, -0.15) is 6.07 Å². The molecule has 0 aliphatic carbocycles. The largest absolute Gasteiger partial charge is 2.00 e. The van der Waals surface area contributed by atoms with Crippen LogP contribution in [0.25, 0.3) is 66.4 Å². The monoisotopic (exact) mass is 899 g/mol. The van der Waals surface area contributed by atoms with Crippen LogP contribution < -0.4 is 4.74 Å². The van der Waals surface area contributed by atoms with Crippen molar-refractivity contribution in [2.75, 3.05) is 0 Å². The van der Waals surface area contributed by atoms with Gasteiger partial charge in [-0.05, 0) is 58.1 Å². The smallest absolute Gasteiger partial charge is 0.503 e. The molecule has 0 aliphatic heterocycles. The Balaban J connectivity index is 0.00000455. The summed E-state index contributed by atoms with van der Waals surface area (Å²) >= 11 is 0. The summed E-state index contributed by atoms with van der Waals surface area (Å²) in [6.07, 6.45) is 3.69. The van der Waals surface area contributed by atoms with Crippen LogP contribution in [0.5, 0.6) is 11.5 Å². The number of rotatable bonds is 8. The van der Waals surface area contributed by atoms with Gasteiger partial charge < -0.3 is 18.9 Å². The molecule has 0 spiro atoms. The third kappa shape index (κ3) is 6.35. The summed E-state index contributed by atoms with van der Waals surface area (Å²) in [6.45, 7) is 12.1. The Labute approximate surface area is 339 Å². The number of pyridine rings is 2. The van der Waals surface area contributed by atoms with Crippen LogP contribution in [0.3, 0.4) is 0 Å². The normalized spacial score (nSPS) is 12.7. The molecular weight excluding hydrogens is 856 g/mol. The molecule has 0 unspecified atom stereocenters. The fourth-order valence-corrected chi connectivity index (χ4v) is 7.75. The topological polar surface area (TPSA) is 44.9 Å². The van der Waals surface area contributed by atoms with Crippen LogP contribution in [0.2, 0.25) is 0 Å². The number of fused-ring (bicyclic) bond motifs is 6. The number of hydrogen-bond donors (Lipinski definition) is 0. The number of nitrogens with zero attached hydrogens (tertiary/aromatic N) is 4. The van der Waals surface area contributed by atoms with Gasteiger partial charge in [0, 0.05) is 49.0 Å². The van der Waals surface area contributed by atoms with Gasteiger partial charge in [0.1, 0.15) is 5.82 Å². The van der Waals surface area contributed by atoms with Gasteiger partial charge in [-0.3, -0.25) is 0 Å². The first-order chi connectivity index (χ1) is 26.9. The molecule has 4 aromatic heterocycles. The fraction of sp³-hybridized carbons (Fsp3) is 0.184. The Morgan fingerprint density at radius 3 is 1.96 bits per heavy atom. The van der Waals surface area contributed by atoms with E-state index < -0.39 is 11.8 Å². The van der Waals surface area contributed by atoms with Gasteiger partial charge in [0.05, 0.1) is 16.7 Å². The maximum atomic E-state index is 9.19. The van der Waals surface area contributed by atoms with E-state index in [1.54, 1.807) is 0 Å². The summed E-state index contributed by atoms with van der Waals surface area (Å²) in [5, 5.41) is 4.22. The van der Waals surface area contributed by atoms with Crippen LogP contribution in [-0.2, 0) is 21.1 Å². The average Bonchev–Trinajstić information content (AvgIpc) is 3.70. The van der Waals surface area contributed by atoms with E-state index >= 15 is 0 Å². The van der Waals surface area contributed by atoms with Crippen molar-refractivity contribution in [3.8, 4) is 34.3 Å². The number of para-hydroxylation sites is 3. The van der Waals surface area contributed by atoms with Crippen LogP contribution >= 0.6 is 0 Å². The maximum absolute atomic E-state index is 9.19. The summed E-state index contributed by atoms with van der Waals surface area (Å²) in [7, 11) is 0. The van der Waals surface area contributed by atoms with Crippen molar-refractivity contribution in [2.45, 2.75) is 59.2 Å². The molecule has 4 heterocycles. The van der Waals surface area contributed by atoms with Crippen molar-refractivity contribution in [3.05, 3.63) is 156 Å². The first-order valence-electron chi connectivity index (χ1n) is 19.5. The number of benzene rings is 5. The molecule has 55 heavy (non-hydrogen) atoms. The summed E-state index contributed by atoms with van der Waals surface area (Å²) in [5.74, 6) is 0.491. The Hall–Kier alpha value is -5.51. The van der Waals surface area contributed by atoms with Crippen molar-refractivity contribution >= 4 is 43.6 Å². The summed E-state index contributed by atoms with van der Waals surface area (Å²) < 4.78 is 29.2. The van der Waals surface area contributed by atoms with Gasteiger partial charge in [0.15, 0.2) is 0 Å². The molecule has 9 aromatic rings. The fourth-order valence-electron chi connectivity index (χ4n) is 7.75. The van der Waals surface area contributed by atoms with E-state index in [-0.39, 0.29) is 21.1 Å². The third-order valence-corrected chi connectivity index (χ3v) is 10.4. The Kier molecular flexibility index (Phi) is 9.04. The van der Waals surface area contributed by atoms with Crippen molar-refractivity contribution in [1.82, 2.24) is 19.1 Å². The minimum absolute atomic E-state index is 0. The zero-order chi connectivity index (χ0) is 38.9. The molecule has 0 fully saturated rings. The standard InChI is InChI=1S/C49H42N4O.Pt/c1-30(2)33-22-24-50-44(27-33)34-12-9-13-36(26-34)54-37-20-21-41-40-14-7-8-19-45(40)53(46(41)29-37)47-28-35(23-25-51-47)52-48-38(31(3)4)15-10-17-42(48)43-18-11-16-39(32(5)6)49(43)52;/h7-25,27-28,30-32H,1-6H3;/q-2;+2/i31D,32D;. The van der Waals surface area contributed by atoms with Gasteiger partial charge in [-0.1, -0.05) is 119 Å². The first kappa shape index (κ1) is 34.0. The summed E-state index contributed by atoms with van der Waals surface area (Å²) in [6, 6.07) is 46.0. The molecule has 0 atom stereocenters. The van der Waals surface area contributed by atoms with Crippen LogP contribution in [0.4, 0.5) is 0 Å². The number of ether oxygens (including phenoxy) is 1. The Morgan fingerprint density at radius 1 is 0.600 bits per heavy atom. The van der Waals surface area contributed by atoms with Crippen LogP contribution in [0, 0.1) is 12.1 Å². The van der Waals surface area contributed by atoms with Crippen LogP contribution in [0.1, 0.15) is 78.7 Å². The minimum Gasteiger partial charge on any atom is -0.503 e. The third-order valence-electron chi connectivity index (χ3n) is 10.4. The van der Waals surface area contributed by atoms with E-state index in [0.717, 1.165) is 71.7 Å². The van der Waals surface area contributed by atoms with Gasteiger partial charge in [0.25, 0.3) is 0 Å². The zero-order valence-corrected chi connectivity index (χ0v) is 34.0. The molecule has 274 valence electrons. The summed E-state index contributed by atoms with van der Waals surface area (Å²) in [5.41, 5.74) is 9.40. The second kappa shape index (κ2) is 14.6. The molecule has 9 rings (SSSR count). The summed E-state index contributed by atoms with van der Waals surface area (Å²) in [4.78, 5) is 9.59. The molecule has 0 amide bonds. The van der Waals surface area contributed by atoms with Crippen molar-refractivity contribution < 1.29 is 28.5 Å². The Bertz CT molecular complexity index is 2900. The van der Waals surface area contributed by atoms with Crippen molar-refractivity contribution in [1.29, 1.82) is 0 Å².